The van der Waals surface area contributed by atoms with E-state index in [0.717, 1.165) is 38.9 Å². The molecule has 5 heteroatoms. The number of aryl methyl sites for hydroxylation is 1. The van der Waals surface area contributed by atoms with Gasteiger partial charge in [0.15, 0.2) is 5.16 Å². The van der Waals surface area contributed by atoms with Gasteiger partial charge in [-0.2, -0.15) is 0 Å². The molecule has 0 fully saturated rings. The molecule has 146 valence electrons. The van der Waals surface area contributed by atoms with Gasteiger partial charge in [-0.3, -0.25) is 9.36 Å². The van der Waals surface area contributed by atoms with Gasteiger partial charge in [-0.1, -0.05) is 65.9 Å². The fourth-order valence-corrected chi connectivity index (χ4v) is 4.15. The van der Waals surface area contributed by atoms with E-state index in [0.29, 0.717) is 11.9 Å². The molecule has 0 atom stereocenters. The summed E-state index contributed by atoms with van der Waals surface area (Å²) in [6.45, 7) is 2.49. The van der Waals surface area contributed by atoms with Gasteiger partial charge < -0.3 is 4.74 Å². The van der Waals surface area contributed by atoms with Crippen molar-refractivity contribution >= 4 is 22.7 Å². The van der Waals surface area contributed by atoms with Crippen molar-refractivity contribution in [1.29, 1.82) is 0 Å². The van der Waals surface area contributed by atoms with Gasteiger partial charge in [-0.15, -0.1) is 0 Å². The topological polar surface area (TPSA) is 44.1 Å². The standard InChI is InChI=1S/C24H22N2O2S/c1-17-8-13-22-21(14-17)23(27)26(15-18-6-4-3-5-7-18)24(25-22)29-16-19-9-11-20(28-2)12-10-19/h3-14H,15-16H2,1-2H3. The lowest BCUT2D eigenvalue weighted by Gasteiger charge is -2.14. The molecule has 0 aliphatic rings. The van der Waals surface area contributed by atoms with Crippen LogP contribution in [-0.4, -0.2) is 16.7 Å². The first kappa shape index (κ1) is 19.3. The summed E-state index contributed by atoms with van der Waals surface area (Å²) in [5, 5.41) is 1.39. The summed E-state index contributed by atoms with van der Waals surface area (Å²) in [5.41, 5.74) is 4.03. The van der Waals surface area contributed by atoms with E-state index < -0.39 is 0 Å². The van der Waals surface area contributed by atoms with E-state index in [2.05, 4.69) is 0 Å². The molecule has 0 saturated carbocycles. The Hall–Kier alpha value is -3.05. The smallest absolute Gasteiger partial charge is 0.262 e. The molecule has 0 bridgehead atoms. The first-order chi connectivity index (χ1) is 14.1. The van der Waals surface area contributed by atoms with Crippen molar-refractivity contribution in [2.45, 2.75) is 24.4 Å². The van der Waals surface area contributed by atoms with Gasteiger partial charge in [0.1, 0.15) is 5.75 Å². The molecule has 0 N–H and O–H groups in total. The lowest BCUT2D eigenvalue weighted by molar-refractivity contribution is 0.414. The number of aromatic nitrogens is 2. The summed E-state index contributed by atoms with van der Waals surface area (Å²) < 4.78 is 7.01. The van der Waals surface area contributed by atoms with E-state index >= 15 is 0 Å². The number of methoxy groups -OCH3 is 1. The van der Waals surface area contributed by atoms with E-state index in [1.807, 2.05) is 79.7 Å². The Labute approximate surface area is 174 Å². The maximum Gasteiger partial charge on any atom is 0.262 e. The molecular formula is C24H22N2O2S. The molecule has 0 radical (unpaired) electrons. The highest BCUT2D eigenvalue weighted by molar-refractivity contribution is 7.98. The average molecular weight is 403 g/mol. The van der Waals surface area contributed by atoms with Crippen molar-refractivity contribution in [2.24, 2.45) is 0 Å². The third-order valence-electron chi connectivity index (χ3n) is 4.79. The number of fused-ring (bicyclic) bond motifs is 1. The van der Waals surface area contributed by atoms with Crippen molar-refractivity contribution in [2.75, 3.05) is 7.11 Å². The Bertz CT molecular complexity index is 1190. The molecule has 3 aromatic carbocycles. The zero-order valence-corrected chi connectivity index (χ0v) is 17.3. The van der Waals surface area contributed by atoms with Crippen LogP contribution in [0, 0.1) is 6.92 Å². The molecule has 0 unspecified atom stereocenters. The molecule has 4 rings (SSSR count). The van der Waals surface area contributed by atoms with E-state index in [1.165, 1.54) is 0 Å². The Balaban J connectivity index is 1.72. The fourth-order valence-electron chi connectivity index (χ4n) is 3.20. The highest BCUT2D eigenvalue weighted by Crippen LogP contribution is 2.24. The van der Waals surface area contributed by atoms with Crippen LogP contribution in [-0.2, 0) is 12.3 Å². The molecule has 0 saturated heterocycles. The van der Waals surface area contributed by atoms with Crippen LogP contribution >= 0.6 is 11.8 Å². The van der Waals surface area contributed by atoms with Gasteiger partial charge in [0, 0.05) is 5.75 Å². The molecule has 1 heterocycles. The van der Waals surface area contributed by atoms with Crippen LogP contribution in [0.1, 0.15) is 16.7 Å². The van der Waals surface area contributed by atoms with Gasteiger partial charge in [-0.05, 0) is 42.3 Å². The largest absolute Gasteiger partial charge is 0.497 e. The molecule has 0 aliphatic carbocycles. The Morgan fingerprint density at radius 3 is 2.45 bits per heavy atom. The minimum atomic E-state index is -0.000200. The Kier molecular flexibility index (Phi) is 5.67. The van der Waals surface area contributed by atoms with Gasteiger partial charge in [-0.25, -0.2) is 4.98 Å². The maximum atomic E-state index is 13.3. The number of ether oxygens (including phenoxy) is 1. The second-order valence-corrected chi connectivity index (χ2v) is 7.87. The molecule has 4 nitrogen and oxygen atoms in total. The highest BCUT2D eigenvalue weighted by Gasteiger charge is 2.13. The molecule has 0 spiro atoms. The lowest BCUT2D eigenvalue weighted by Crippen LogP contribution is -2.24. The van der Waals surface area contributed by atoms with Gasteiger partial charge >= 0.3 is 0 Å². The summed E-state index contributed by atoms with van der Waals surface area (Å²) in [5.74, 6) is 1.56. The number of thioether (sulfide) groups is 1. The van der Waals surface area contributed by atoms with Crippen LogP contribution in [0.5, 0.6) is 5.75 Å². The number of hydrogen-bond acceptors (Lipinski definition) is 4. The van der Waals surface area contributed by atoms with Gasteiger partial charge in [0.05, 0.1) is 24.6 Å². The summed E-state index contributed by atoms with van der Waals surface area (Å²) in [4.78, 5) is 18.1. The zero-order valence-electron chi connectivity index (χ0n) is 16.5. The zero-order chi connectivity index (χ0) is 20.2. The summed E-state index contributed by atoms with van der Waals surface area (Å²) in [6.07, 6.45) is 0. The highest BCUT2D eigenvalue weighted by atomic mass is 32.2. The third-order valence-corrected chi connectivity index (χ3v) is 5.83. The van der Waals surface area contributed by atoms with E-state index in [9.17, 15) is 4.79 Å². The Morgan fingerprint density at radius 2 is 1.72 bits per heavy atom. The molecule has 4 aromatic rings. The monoisotopic (exact) mass is 402 g/mol. The number of benzene rings is 3. The van der Waals surface area contributed by atoms with Crippen LogP contribution < -0.4 is 10.3 Å². The maximum absolute atomic E-state index is 13.3. The van der Waals surface area contributed by atoms with Crippen LogP contribution in [0.4, 0.5) is 0 Å². The van der Waals surface area contributed by atoms with E-state index in [1.54, 1.807) is 23.4 Å². The third kappa shape index (κ3) is 4.35. The number of hydrogen-bond donors (Lipinski definition) is 0. The molecule has 1 aromatic heterocycles. The first-order valence-corrected chi connectivity index (χ1v) is 10.4. The van der Waals surface area contributed by atoms with E-state index in [-0.39, 0.29) is 5.56 Å². The molecular weight excluding hydrogens is 380 g/mol. The normalized spacial score (nSPS) is 11.0. The van der Waals surface area contributed by atoms with Crippen molar-refractivity contribution in [1.82, 2.24) is 9.55 Å². The summed E-state index contributed by atoms with van der Waals surface area (Å²) in [6, 6.07) is 23.8. The minimum absolute atomic E-state index is 0.000200. The first-order valence-electron chi connectivity index (χ1n) is 9.45. The van der Waals surface area contributed by atoms with Crippen LogP contribution in [0.15, 0.2) is 82.7 Å². The predicted octanol–water partition coefficient (Wildman–Crippen LogP) is 5.05. The fraction of sp³-hybridized carbons (Fsp3) is 0.167. The molecule has 29 heavy (non-hydrogen) atoms. The van der Waals surface area contributed by atoms with Crippen molar-refractivity contribution in [3.8, 4) is 5.75 Å². The number of nitrogens with zero attached hydrogens (tertiary/aromatic N) is 2. The van der Waals surface area contributed by atoms with Crippen LogP contribution in [0.3, 0.4) is 0 Å². The summed E-state index contributed by atoms with van der Waals surface area (Å²) in [7, 11) is 1.66. The minimum Gasteiger partial charge on any atom is -0.497 e. The van der Waals surface area contributed by atoms with Crippen molar-refractivity contribution in [3.05, 3.63) is 99.8 Å². The van der Waals surface area contributed by atoms with Crippen LogP contribution in [0.2, 0.25) is 0 Å². The second kappa shape index (κ2) is 8.53. The van der Waals surface area contributed by atoms with E-state index in [4.69, 9.17) is 9.72 Å². The molecule has 0 aliphatic heterocycles. The van der Waals surface area contributed by atoms with Crippen molar-refractivity contribution < 1.29 is 4.74 Å². The van der Waals surface area contributed by atoms with Crippen molar-refractivity contribution in [3.63, 3.8) is 0 Å². The predicted molar refractivity (Wildman–Crippen MR) is 119 cm³/mol. The van der Waals surface area contributed by atoms with Gasteiger partial charge in [0.2, 0.25) is 0 Å². The quantitative estimate of drug-likeness (QED) is 0.334. The Morgan fingerprint density at radius 1 is 0.966 bits per heavy atom. The molecule has 0 amide bonds. The lowest BCUT2D eigenvalue weighted by atomic mass is 10.1. The number of rotatable bonds is 6. The average Bonchev–Trinajstić information content (AvgIpc) is 2.76. The summed E-state index contributed by atoms with van der Waals surface area (Å²) >= 11 is 1.58. The second-order valence-electron chi connectivity index (χ2n) is 6.93. The van der Waals surface area contributed by atoms with Crippen LogP contribution in [0.25, 0.3) is 10.9 Å². The SMILES string of the molecule is COc1ccc(CSc2nc3ccc(C)cc3c(=O)n2Cc2ccccc2)cc1. The van der Waals surface area contributed by atoms with Gasteiger partial charge in [0.25, 0.3) is 5.56 Å².